The van der Waals surface area contributed by atoms with Crippen LogP contribution in [0.1, 0.15) is 41.0 Å². The summed E-state index contributed by atoms with van der Waals surface area (Å²) < 4.78 is 3.80. The highest BCUT2D eigenvalue weighted by atomic mass is 32.1. The third-order valence-corrected chi connectivity index (χ3v) is 4.49. The van der Waals surface area contributed by atoms with Crippen LogP contribution in [0, 0.1) is 6.92 Å². The van der Waals surface area contributed by atoms with Crippen LogP contribution in [-0.2, 0) is 0 Å². The van der Waals surface area contributed by atoms with E-state index in [-0.39, 0.29) is 5.91 Å². The van der Waals surface area contributed by atoms with Crippen LogP contribution in [0.25, 0.3) is 0 Å². The number of rotatable bonds is 2. The molecule has 3 heterocycles. The maximum Gasteiger partial charge on any atom is 0.265 e. The predicted octanol–water partition coefficient (Wildman–Crippen LogP) is 0.859. The second-order valence-corrected chi connectivity index (χ2v) is 5.72. The van der Waals surface area contributed by atoms with E-state index < -0.39 is 0 Å². The highest BCUT2D eigenvalue weighted by Gasteiger charge is 2.34. The molecule has 1 amide bonds. The molecule has 1 aromatic heterocycles. The predicted molar refractivity (Wildman–Crippen MR) is 65.1 cm³/mol. The van der Waals surface area contributed by atoms with Crippen LogP contribution in [0.4, 0.5) is 0 Å². The van der Waals surface area contributed by atoms with Gasteiger partial charge in [0.25, 0.3) is 5.91 Å². The molecule has 2 atom stereocenters. The topological polar surface area (TPSA) is 66.9 Å². The zero-order valence-electron chi connectivity index (χ0n) is 9.77. The summed E-state index contributed by atoms with van der Waals surface area (Å²) in [4.78, 5) is 12.7. The van der Waals surface area contributed by atoms with E-state index >= 15 is 0 Å². The molecule has 2 aliphatic rings. The molecule has 2 bridgehead atoms. The second kappa shape index (κ2) is 4.34. The molecular formula is C11H16N4OS. The molecule has 2 saturated heterocycles. The molecule has 0 spiro atoms. The quantitative estimate of drug-likeness (QED) is 0.819. The largest absolute Gasteiger partial charge is 0.348 e. The number of fused-ring (bicyclic) bond motifs is 2. The molecule has 2 N–H and O–H groups in total. The zero-order valence-corrected chi connectivity index (χ0v) is 10.6. The first-order valence-electron chi connectivity index (χ1n) is 6.08. The van der Waals surface area contributed by atoms with Gasteiger partial charge in [-0.2, -0.15) is 0 Å². The minimum absolute atomic E-state index is 0.0104. The number of nitrogens with one attached hydrogen (secondary N) is 2. The molecule has 3 rings (SSSR count). The monoisotopic (exact) mass is 252 g/mol. The number of carbonyl (C=O) groups is 1. The van der Waals surface area contributed by atoms with E-state index in [1.54, 1.807) is 0 Å². The van der Waals surface area contributed by atoms with Crippen LogP contribution >= 0.6 is 11.5 Å². The van der Waals surface area contributed by atoms with Gasteiger partial charge in [-0.25, -0.2) is 0 Å². The maximum absolute atomic E-state index is 12.0. The van der Waals surface area contributed by atoms with Crippen LogP contribution in [-0.4, -0.2) is 33.6 Å². The lowest BCUT2D eigenvalue weighted by Gasteiger charge is -2.29. The zero-order chi connectivity index (χ0) is 11.8. The molecule has 2 unspecified atom stereocenters. The van der Waals surface area contributed by atoms with Crippen molar-refractivity contribution < 1.29 is 4.79 Å². The van der Waals surface area contributed by atoms with Gasteiger partial charge in [0.15, 0.2) is 0 Å². The minimum Gasteiger partial charge on any atom is -0.348 e. The van der Waals surface area contributed by atoms with Gasteiger partial charge in [-0.1, -0.05) is 4.49 Å². The lowest BCUT2D eigenvalue weighted by molar-refractivity contribution is 0.0927. The minimum atomic E-state index is -0.0104. The molecule has 6 heteroatoms. The number of piperidine rings is 1. The van der Waals surface area contributed by atoms with Crippen molar-refractivity contribution in [2.24, 2.45) is 0 Å². The number of carbonyl (C=O) groups excluding carboxylic acids is 1. The number of amides is 1. The van der Waals surface area contributed by atoms with Gasteiger partial charge >= 0.3 is 0 Å². The van der Waals surface area contributed by atoms with E-state index in [1.165, 1.54) is 24.4 Å². The van der Waals surface area contributed by atoms with Gasteiger partial charge < -0.3 is 10.6 Å². The van der Waals surface area contributed by atoms with Crippen molar-refractivity contribution in [3.8, 4) is 0 Å². The van der Waals surface area contributed by atoms with Crippen LogP contribution in [0.2, 0.25) is 0 Å². The Morgan fingerprint density at radius 1 is 1.41 bits per heavy atom. The Morgan fingerprint density at radius 2 is 2.12 bits per heavy atom. The standard InChI is InChI=1S/C11H16N4OS/c1-6-10(17-15-14-6)11(16)13-9-4-7-2-3-8(5-9)12-7/h7-9,12H,2-5H2,1H3,(H,13,16). The SMILES string of the molecule is Cc1nnsc1C(=O)NC1CC2CCC(C1)N2. The molecule has 0 aliphatic carbocycles. The van der Waals surface area contributed by atoms with Crippen molar-refractivity contribution in [1.29, 1.82) is 0 Å². The summed E-state index contributed by atoms with van der Waals surface area (Å²) in [7, 11) is 0. The molecule has 1 aromatic rings. The van der Waals surface area contributed by atoms with Crippen LogP contribution in [0.5, 0.6) is 0 Å². The summed E-state index contributed by atoms with van der Waals surface area (Å²) in [6, 6.07) is 1.50. The Kier molecular flexibility index (Phi) is 2.84. The van der Waals surface area contributed by atoms with Gasteiger partial charge in [0.05, 0.1) is 5.69 Å². The van der Waals surface area contributed by atoms with Crippen molar-refractivity contribution in [3.63, 3.8) is 0 Å². The van der Waals surface area contributed by atoms with Crippen molar-refractivity contribution in [1.82, 2.24) is 20.2 Å². The lowest BCUT2D eigenvalue weighted by Crippen LogP contribution is -2.48. The number of hydrogen-bond acceptors (Lipinski definition) is 5. The highest BCUT2D eigenvalue weighted by Crippen LogP contribution is 2.27. The van der Waals surface area contributed by atoms with Crippen LogP contribution in [0.15, 0.2) is 0 Å². The Balaban J connectivity index is 1.64. The molecule has 2 aliphatic heterocycles. The smallest absolute Gasteiger partial charge is 0.265 e. The van der Waals surface area contributed by atoms with E-state index in [2.05, 4.69) is 20.2 Å². The fourth-order valence-electron chi connectivity index (χ4n) is 2.87. The fraction of sp³-hybridized carbons (Fsp3) is 0.727. The summed E-state index contributed by atoms with van der Waals surface area (Å²) in [5.41, 5.74) is 0.726. The summed E-state index contributed by atoms with van der Waals surface area (Å²) in [5, 5.41) is 10.5. The second-order valence-electron chi connectivity index (χ2n) is 4.97. The summed E-state index contributed by atoms with van der Waals surface area (Å²) in [6.45, 7) is 1.82. The highest BCUT2D eigenvalue weighted by molar-refractivity contribution is 7.08. The van der Waals surface area contributed by atoms with E-state index in [0.29, 0.717) is 23.0 Å². The molecule has 0 radical (unpaired) electrons. The number of hydrogen-bond donors (Lipinski definition) is 2. The van der Waals surface area contributed by atoms with Crippen LogP contribution < -0.4 is 10.6 Å². The van der Waals surface area contributed by atoms with E-state index in [0.717, 1.165) is 18.5 Å². The average molecular weight is 252 g/mol. The van der Waals surface area contributed by atoms with E-state index in [1.807, 2.05) is 6.92 Å². The molecule has 5 nitrogen and oxygen atoms in total. The first-order chi connectivity index (χ1) is 8.22. The Morgan fingerprint density at radius 3 is 2.71 bits per heavy atom. The molecule has 0 saturated carbocycles. The van der Waals surface area contributed by atoms with Crippen LogP contribution in [0.3, 0.4) is 0 Å². The molecular weight excluding hydrogens is 236 g/mol. The van der Waals surface area contributed by atoms with Gasteiger partial charge in [-0.3, -0.25) is 4.79 Å². The third kappa shape index (κ3) is 2.19. The van der Waals surface area contributed by atoms with Gasteiger partial charge in [-0.15, -0.1) is 5.10 Å². The van der Waals surface area contributed by atoms with Gasteiger partial charge in [0, 0.05) is 18.1 Å². The van der Waals surface area contributed by atoms with Crippen molar-refractivity contribution in [3.05, 3.63) is 10.6 Å². The Bertz CT molecular complexity index is 421. The van der Waals surface area contributed by atoms with Crippen molar-refractivity contribution >= 4 is 17.4 Å². The molecule has 17 heavy (non-hydrogen) atoms. The number of aromatic nitrogens is 2. The normalized spacial score (nSPS) is 31.5. The summed E-state index contributed by atoms with van der Waals surface area (Å²) in [6.07, 6.45) is 4.59. The van der Waals surface area contributed by atoms with E-state index in [4.69, 9.17) is 0 Å². The molecule has 2 fully saturated rings. The third-order valence-electron chi connectivity index (χ3n) is 3.67. The van der Waals surface area contributed by atoms with Crippen molar-refractivity contribution in [2.75, 3.05) is 0 Å². The van der Waals surface area contributed by atoms with Gasteiger partial charge in [0.1, 0.15) is 4.88 Å². The molecule has 0 aromatic carbocycles. The first-order valence-corrected chi connectivity index (χ1v) is 6.85. The van der Waals surface area contributed by atoms with Gasteiger partial charge in [-0.05, 0) is 44.1 Å². The van der Waals surface area contributed by atoms with Crippen molar-refractivity contribution in [2.45, 2.75) is 50.7 Å². The lowest BCUT2D eigenvalue weighted by atomic mass is 10.00. The Labute approximate surface area is 104 Å². The fourth-order valence-corrected chi connectivity index (χ4v) is 3.43. The number of nitrogens with zero attached hydrogens (tertiary/aromatic N) is 2. The summed E-state index contributed by atoms with van der Waals surface area (Å²) >= 11 is 1.17. The first kappa shape index (κ1) is 11.1. The average Bonchev–Trinajstić information content (AvgIpc) is 2.85. The maximum atomic E-state index is 12.0. The van der Waals surface area contributed by atoms with Gasteiger partial charge in [0.2, 0.25) is 0 Å². The Hall–Kier alpha value is -1.01. The number of aryl methyl sites for hydroxylation is 1. The van der Waals surface area contributed by atoms with E-state index in [9.17, 15) is 4.79 Å². The summed E-state index contributed by atoms with van der Waals surface area (Å²) in [5.74, 6) is -0.0104. The molecule has 92 valence electrons.